The lowest BCUT2D eigenvalue weighted by molar-refractivity contribution is 0.0967. The third-order valence-corrected chi connectivity index (χ3v) is 2.23. The van der Waals surface area contributed by atoms with E-state index in [1.165, 1.54) is 11.3 Å². The highest BCUT2D eigenvalue weighted by Crippen LogP contribution is 2.12. The summed E-state index contributed by atoms with van der Waals surface area (Å²) in [6.45, 7) is 5.98. The molecule has 1 N–H and O–H groups in total. The third-order valence-electron chi connectivity index (χ3n) is 1.18. The number of thiophene rings is 1. The third kappa shape index (κ3) is 3.05. The average molecular weight is 185 g/mol. The molecule has 0 aliphatic rings. The zero-order valence-electron chi connectivity index (χ0n) is 7.97. The normalized spacial score (nSPS) is 8.33. The van der Waals surface area contributed by atoms with Crippen LogP contribution in [0.25, 0.3) is 0 Å². The molecule has 0 unspecified atom stereocenters. The van der Waals surface area contributed by atoms with Crippen LogP contribution in [0, 0.1) is 6.92 Å². The number of rotatable bonds is 1. The molecule has 0 aliphatic heterocycles. The maximum Gasteiger partial charge on any atom is 0.261 e. The van der Waals surface area contributed by atoms with Gasteiger partial charge in [0.15, 0.2) is 0 Å². The van der Waals surface area contributed by atoms with Crippen molar-refractivity contribution >= 4 is 17.2 Å². The van der Waals surface area contributed by atoms with Crippen LogP contribution >= 0.6 is 11.3 Å². The second-order valence-corrected chi connectivity index (χ2v) is 2.98. The zero-order valence-corrected chi connectivity index (χ0v) is 8.79. The molecule has 68 valence electrons. The van der Waals surface area contributed by atoms with Gasteiger partial charge in [-0.3, -0.25) is 4.79 Å². The Kier molecular flexibility index (Phi) is 5.37. The Hall–Kier alpha value is -0.830. The van der Waals surface area contributed by atoms with Crippen molar-refractivity contribution in [2.24, 2.45) is 0 Å². The minimum atomic E-state index is -0.00176. The fraction of sp³-hybridized carbons (Fsp3) is 0.444. The van der Waals surface area contributed by atoms with Gasteiger partial charge in [0.1, 0.15) is 0 Å². The van der Waals surface area contributed by atoms with Crippen molar-refractivity contribution in [2.75, 3.05) is 7.05 Å². The molecular formula is C9H15NOS. The molecule has 0 atom stereocenters. The largest absolute Gasteiger partial charge is 0.354 e. The molecule has 12 heavy (non-hydrogen) atoms. The summed E-state index contributed by atoms with van der Waals surface area (Å²) in [7, 11) is 1.64. The van der Waals surface area contributed by atoms with Crippen LogP contribution in [0.5, 0.6) is 0 Å². The van der Waals surface area contributed by atoms with E-state index < -0.39 is 0 Å². The van der Waals surface area contributed by atoms with Crippen LogP contribution in [-0.4, -0.2) is 13.0 Å². The maximum absolute atomic E-state index is 10.9. The van der Waals surface area contributed by atoms with Gasteiger partial charge < -0.3 is 5.32 Å². The van der Waals surface area contributed by atoms with Crippen molar-refractivity contribution in [3.63, 3.8) is 0 Å². The topological polar surface area (TPSA) is 29.1 Å². The van der Waals surface area contributed by atoms with Gasteiger partial charge in [-0.25, -0.2) is 0 Å². The first-order valence-corrected chi connectivity index (χ1v) is 4.89. The molecule has 0 aliphatic carbocycles. The summed E-state index contributed by atoms with van der Waals surface area (Å²) >= 11 is 1.47. The second-order valence-electron chi connectivity index (χ2n) is 2.07. The summed E-state index contributed by atoms with van der Waals surface area (Å²) < 4.78 is 0. The van der Waals surface area contributed by atoms with Crippen molar-refractivity contribution in [1.82, 2.24) is 5.32 Å². The van der Waals surface area contributed by atoms with E-state index in [4.69, 9.17) is 0 Å². The van der Waals surface area contributed by atoms with Gasteiger partial charge in [0, 0.05) is 7.05 Å². The Morgan fingerprint density at radius 1 is 1.50 bits per heavy atom. The van der Waals surface area contributed by atoms with Crippen molar-refractivity contribution in [2.45, 2.75) is 20.8 Å². The second kappa shape index (κ2) is 5.77. The van der Waals surface area contributed by atoms with Gasteiger partial charge in [-0.05, 0) is 23.9 Å². The maximum atomic E-state index is 10.9. The molecule has 0 fully saturated rings. The Balaban J connectivity index is 0.000000561. The fourth-order valence-electron chi connectivity index (χ4n) is 0.674. The van der Waals surface area contributed by atoms with Gasteiger partial charge in [0.25, 0.3) is 5.91 Å². The molecule has 0 saturated carbocycles. The highest BCUT2D eigenvalue weighted by molar-refractivity contribution is 7.12. The molecule has 3 heteroatoms. The van der Waals surface area contributed by atoms with Gasteiger partial charge in [-0.1, -0.05) is 13.8 Å². The molecule has 1 rings (SSSR count). The van der Waals surface area contributed by atoms with E-state index in [2.05, 4.69) is 5.32 Å². The summed E-state index contributed by atoms with van der Waals surface area (Å²) in [5.41, 5.74) is 1.14. The molecule has 1 heterocycles. The Bertz CT molecular complexity index is 242. The van der Waals surface area contributed by atoms with Crippen LogP contribution in [-0.2, 0) is 0 Å². The molecule has 0 saturated heterocycles. The van der Waals surface area contributed by atoms with Crippen LogP contribution in [0.15, 0.2) is 11.4 Å². The fourth-order valence-corrected chi connectivity index (χ4v) is 1.52. The smallest absolute Gasteiger partial charge is 0.261 e. The van der Waals surface area contributed by atoms with Crippen molar-refractivity contribution < 1.29 is 4.79 Å². The summed E-state index contributed by atoms with van der Waals surface area (Å²) in [5.74, 6) is -0.00176. The predicted octanol–water partition coefficient (Wildman–Crippen LogP) is 2.44. The number of carbonyl (C=O) groups excluding carboxylic acids is 1. The summed E-state index contributed by atoms with van der Waals surface area (Å²) in [5, 5.41) is 4.53. The molecule has 0 radical (unpaired) electrons. The number of hydrogen-bond acceptors (Lipinski definition) is 2. The number of amides is 1. The molecular weight excluding hydrogens is 170 g/mol. The molecule has 0 aromatic carbocycles. The Labute approximate surface area is 77.6 Å². The highest BCUT2D eigenvalue weighted by atomic mass is 32.1. The summed E-state index contributed by atoms with van der Waals surface area (Å²) in [4.78, 5) is 11.7. The minimum absolute atomic E-state index is 0.00176. The first kappa shape index (κ1) is 11.2. The van der Waals surface area contributed by atoms with Crippen LogP contribution in [0.1, 0.15) is 29.1 Å². The lowest BCUT2D eigenvalue weighted by atomic mass is 10.3. The first-order chi connectivity index (χ1) is 5.74. The number of nitrogens with one attached hydrogen (secondary N) is 1. The lowest BCUT2D eigenvalue weighted by Crippen LogP contribution is -2.15. The standard InChI is InChI=1S/C7H9NOS.C2H6/c1-5-3-6(10-4-5)7(9)8-2;1-2/h3-4H,1-2H3,(H,8,9);1-2H3. The van der Waals surface area contributed by atoms with Crippen LogP contribution in [0.4, 0.5) is 0 Å². The number of carbonyl (C=O) groups is 1. The molecule has 0 spiro atoms. The Morgan fingerprint density at radius 3 is 2.42 bits per heavy atom. The highest BCUT2D eigenvalue weighted by Gasteiger charge is 2.03. The van der Waals surface area contributed by atoms with Crippen LogP contribution in [0.3, 0.4) is 0 Å². The first-order valence-electron chi connectivity index (χ1n) is 4.01. The quantitative estimate of drug-likeness (QED) is 0.715. The SMILES string of the molecule is CC.CNC(=O)c1cc(C)cs1. The molecule has 1 aromatic heterocycles. The minimum Gasteiger partial charge on any atom is -0.354 e. The zero-order chi connectivity index (χ0) is 9.56. The summed E-state index contributed by atoms with van der Waals surface area (Å²) in [6, 6.07) is 1.88. The average Bonchev–Trinajstić information content (AvgIpc) is 2.54. The van der Waals surface area contributed by atoms with Crippen molar-refractivity contribution in [3.05, 3.63) is 21.9 Å². The van der Waals surface area contributed by atoms with E-state index in [1.807, 2.05) is 32.2 Å². The van der Waals surface area contributed by atoms with E-state index in [1.54, 1.807) is 7.05 Å². The van der Waals surface area contributed by atoms with Crippen LogP contribution in [0.2, 0.25) is 0 Å². The van der Waals surface area contributed by atoms with Gasteiger partial charge in [-0.15, -0.1) is 11.3 Å². The molecule has 1 amide bonds. The van der Waals surface area contributed by atoms with Crippen molar-refractivity contribution in [1.29, 1.82) is 0 Å². The lowest BCUT2D eigenvalue weighted by Gasteiger charge is -1.90. The number of hydrogen-bond donors (Lipinski definition) is 1. The molecule has 0 bridgehead atoms. The van der Waals surface area contributed by atoms with E-state index >= 15 is 0 Å². The van der Waals surface area contributed by atoms with Gasteiger partial charge in [0.05, 0.1) is 4.88 Å². The monoisotopic (exact) mass is 185 g/mol. The van der Waals surface area contributed by atoms with Crippen LogP contribution < -0.4 is 5.32 Å². The van der Waals surface area contributed by atoms with E-state index in [0.29, 0.717) is 0 Å². The predicted molar refractivity (Wildman–Crippen MR) is 53.8 cm³/mol. The van der Waals surface area contributed by atoms with Gasteiger partial charge in [-0.2, -0.15) is 0 Å². The van der Waals surface area contributed by atoms with Gasteiger partial charge >= 0.3 is 0 Å². The van der Waals surface area contributed by atoms with Gasteiger partial charge in [0.2, 0.25) is 0 Å². The Morgan fingerprint density at radius 2 is 2.08 bits per heavy atom. The molecule has 1 aromatic rings. The van der Waals surface area contributed by atoms with E-state index in [9.17, 15) is 4.79 Å². The molecule has 2 nitrogen and oxygen atoms in total. The van der Waals surface area contributed by atoms with Crippen molar-refractivity contribution in [3.8, 4) is 0 Å². The van der Waals surface area contributed by atoms with E-state index in [-0.39, 0.29) is 5.91 Å². The summed E-state index contributed by atoms with van der Waals surface area (Å²) in [6.07, 6.45) is 0. The van der Waals surface area contributed by atoms with E-state index in [0.717, 1.165) is 10.4 Å². The number of aryl methyl sites for hydroxylation is 1.